The maximum Gasteiger partial charge on any atom is 0.337 e. The lowest BCUT2D eigenvalue weighted by molar-refractivity contribution is -0.136. The molecule has 0 aliphatic carbocycles. The van der Waals surface area contributed by atoms with E-state index in [2.05, 4.69) is 21.2 Å². The van der Waals surface area contributed by atoms with Crippen molar-refractivity contribution >= 4 is 29.8 Å². The Bertz CT molecular complexity index is 1140. The van der Waals surface area contributed by atoms with E-state index in [0.717, 1.165) is 0 Å². The predicted molar refractivity (Wildman–Crippen MR) is 130 cm³/mol. The molecule has 2 aromatic rings. The third-order valence-corrected chi connectivity index (χ3v) is 5.35. The highest BCUT2D eigenvalue weighted by Gasteiger charge is 2.32. The molecule has 1 heterocycles. The van der Waals surface area contributed by atoms with Gasteiger partial charge in [-0.3, -0.25) is 5.43 Å². The van der Waals surface area contributed by atoms with Gasteiger partial charge in [-0.15, -0.1) is 0 Å². The maximum absolute atomic E-state index is 12.3. The zero-order chi connectivity index (χ0) is 25.4. The molecule has 2 aromatic carbocycles. The lowest BCUT2D eigenvalue weighted by Gasteiger charge is -2.28. The number of nitrogens with zero attached hydrogens (tertiary/aromatic N) is 1. The Hall–Kier alpha value is -3.76. The van der Waals surface area contributed by atoms with Crippen molar-refractivity contribution in [3.8, 4) is 11.5 Å². The summed E-state index contributed by atoms with van der Waals surface area (Å²) in [5.41, 5.74) is 4.54. The third kappa shape index (κ3) is 6.65. The van der Waals surface area contributed by atoms with E-state index in [1.807, 2.05) is 19.1 Å². The molecule has 35 heavy (non-hydrogen) atoms. The molecule has 2 atom stereocenters. The van der Waals surface area contributed by atoms with Gasteiger partial charge in [0.15, 0.2) is 17.7 Å². The van der Waals surface area contributed by atoms with Crippen molar-refractivity contribution in [1.29, 1.82) is 0 Å². The van der Waals surface area contributed by atoms with E-state index in [4.69, 9.17) is 25.8 Å². The van der Waals surface area contributed by atoms with E-state index in [1.54, 1.807) is 37.3 Å². The number of aliphatic hydroxyl groups is 1. The van der Waals surface area contributed by atoms with Gasteiger partial charge >= 0.3 is 12.0 Å². The van der Waals surface area contributed by atoms with Gasteiger partial charge in [-0.25, -0.2) is 9.59 Å². The van der Waals surface area contributed by atoms with Crippen LogP contribution in [0.4, 0.5) is 4.79 Å². The molecule has 1 aliphatic rings. The van der Waals surface area contributed by atoms with Crippen LogP contribution in [-0.2, 0) is 9.53 Å². The number of nitrogens with one attached hydrogen (secondary N) is 3. The summed E-state index contributed by atoms with van der Waals surface area (Å²) < 4.78 is 16.3. The molecule has 3 rings (SSSR count). The number of carbonyl (C=O) groups is 2. The molecule has 186 valence electrons. The van der Waals surface area contributed by atoms with Crippen LogP contribution in [0.5, 0.6) is 11.5 Å². The normalized spacial score (nSPS) is 16.4. The number of aliphatic hydroxyl groups excluding tert-OH is 1. The van der Waals surface area contributed by atoms with Crippen LogP contribution >= 0.6 is 11.6 Å². The molecule has 0 spiro atoms. The highest BCUT2D eigenvalue weighted by atomic mass is 35.5. The number of hydrazone groups is 1. The van der Waals surface area contributed by atoms with Crippen molar-refractivity contribution in [2.45, 2.75) is 26.1 Å². The van der Waals surface area contributed by atoms with Gasteiger partial charge in [0, 0.05) is 16.3 Å². The Morgan fingerprint density at radius 2 is 2.03 bits per heavy atom. The number of methoxy groups -OCH3 is 1. The first-order valence-corrected chi connectivity index (χ1v) is 11.2. The van der Waals surface area contributed by atoms with E-state index in [-0.39, 0.29) is 12.2 Å². The van der Waals surface area contributed by atoms with Gasteiger partial charge in [-0.05, 0) is 37.6 Å². The Balaban J connectivity index is 1.72. The summed E-state index contributed by atoms with van der Waals surface area (Å²) in [5, 5.41) is 20.0. The predicted octanol–water partition coefficient (Wildman–Crippen LogP) is 2.86. The summed E-state index contributed by atoms with van der Waals surface area (Å²) in [6, 6.07) is 11.0. The number of rotatable bonds is 10. The lowest BCUT2D eigenvalue weighted by atomic mass is 9.95. The smallest absolute Gasteiger partial charge is 0.337 e. The third-order valence-electron chi connectivity index (χ3n) is 5.00. The van der Waals surface area contributed by atoms with Crippen LogP contribution < -0.4 is 25.5 Å². The average Bonchev–Trinajstić information content (AvgIpc) is 2.83. The molecular weight excluding hydrogens is 476 g/mol. The van der Waals surface area contributed by atoms with E-state index in [9.17, 15) is 14.7 Å². The summed E-state index contributed by atoms with van der Waals surface area (Å²) in [7, 11) is 1.27. The largest absolute Gasteiger partial charge is 0.490 e. The molecule has 11 heteroatoms. The van der Waals surface area contributed by atoms with E-state index in [0.29, 0.717) is 40.0 Å². The van der Waals surface area contributed by atoms with Gasteiger partial charge in [0.2, 0.25) is 0 Å². The van der Waals surface area contributed by atoms with Crippen LogP contribution in [0.3, 0.4) is 0 Å². The Morgan fingerprint density at radius 3 is 2.74 bits per heavy atom. The van der Waals surface area contributed by atoms with Gasteiger partial charge in [-0.1, -0.05) is 35.9 Å². The second-order valence-electron chi connectivity index (χ2n) is 7.44. The van der Waals surface area contributed by atoms with Crippen molar-refractivity contribution in [3.63, 3.8) is 0 Å². The van der Waals surface area contributed by atoms with Crippen LogP contribution in [0.15, 0.2) is 58.8 Å². The zero-order valence-corrected chi connectivity index (χ0v) is 20.3. The number of esters is 1. The van der Waals surface area contributed by atoms with Crippen molar-refractivity contribution in [2.75, 3.05) is 20.3 Å². The van der Waals surface area contributed by atoms with Crippen LogP contribution in [0.1, 0.15) is 31.0 Å². The zero-order valence-electron chi connectivity index (χ0n) is 19.5. The lowest BCUT2D eigenvalue weighted by Crippen LogP contribution is -2.45. The molecule has 2 amide bonds. The molecule has 0 saturated heterocycles. The van der Waals surface area contributed by atoms with Crippen LogP contribution in [0.25, 0.3) is 0 Å². The number of hydrogen-bond acceptors (Lipinski definition) is 8. The first-order chi connectivity index (χ1) is 16.8. The fraction of sp³-hybridized carbons (Fsp3) is 0.292. The monoisotopic (exact) mass is 502 g/mol. The van der Waals surface area contributed by atoms with Crippen molar-refractivity contribution in [3.05, 3.63) is 69.9 Å². The first-order valence-electron chi connectivity index (χ1n) is 10.8. The van der Waals surface area contributed by atoms with Gasteiger partial charge in [-0.2, -0.15) is 5.10 Å². The summed E-state index contributed by atoms with van der Waals surface area (Å²) in [5.74, 6) is 0.184. The average molecular weight is 503 g/mol. The van der Waals surface area contributed by atoms with Crippen LogP contribution in [0.2, 0.25) is 5.02 Å². The van der Waals surface area contributed by atoms with Crippen molar-refractivity contribution in [2.24, 2.45) is 5.10 Å². The number of ether oxygens (including phenoxy) is 3. The summed E-state index contributed by atoms with van der Waals surface area (Å²) in [6.45, 7) is 3.66. The topological polar surface area (TPSA) is 131 Å². The Kier molecular flexibility index (Phi) is 8.93. The van der Waals surface area contributed by atoms with Crippen molar-refractivity contribution < 1.29 is 28.9 Å². The second kappa shape index (κ2) is 12.1. The Morgan fingerprint density at radius 1 is 1.26 bits per heavy atom. The molecule has 0 bridgehead atoms. The van der Waals surface area contributed by atoms with E-state index < -0.39 is 24.3 Å². The molecule has 0 fully saturated rings. The number of urea groups is 1. The summed E-state index contributed by atoms with van der Waals surface area (Å²) >= 11 is 6.07. The van der Waals surface area contributed by atoms with Crippen LogP contribution in [0, 0.1) is 0 Å². The number of allylic oxidation sites excluding steroid dienone is 1. The highest BCUT2D eigenvalue weighted by Crippen LogP contribution is 2.34. The number of halogens is 1. The van der Waals surface area contributed by atoms with Gasteiger partial charge in [0.25, 0.3) is 0 Å². The highest BCUT2D eigenvalue weighted by molar-refractivity contribution is 6.33. The van der Waals surface area contributed by atoms with Gasteiger partial charge in [0.05, 0.1) is 31.5 Å². The number of benzene rings is 2. The quantitative estimate of drug-likeness (QED) is 0.170. The summed E-state index contributed by atoms with van der Waals surface area (Å²) in [4.78, 5) is 24.4. The number of hydrogen-bond donors (Lipinski definition) is 4. The van der Waals surface area contributed by atoms with Crippen molar-refractivity contribution in [1.82, 2.24) is 16.1 Å². The molecule has 0 radical (unpaired) electrons. The minimum Gasteiger partial charge on any atom is -0.490 e. The van der Waals surface area contributed by atoms with E-state index >= 15 is 0 Å². The Labute approximate surface area is 207 Å². The fourth-order valence-electron chi connectivity index (χ4n) is 3.39. The molecule has 0 saturated carbocycles. The molecular formula is C24H27ClN4O6. The number of amides is 2. The standard InChI is InChI=1S/C24H27ClN4O6/c1-4-34-19-11-15(22-21(23(31)33-3)14(2)27-24(32)28-22)9-10-18(19)35-13-20(30)29-26-12-16-7-5-6-8-17(16)25/h5-12,20,22,29-30H,4,13H2,1-3H3,(H2,27,28,32)/b26-12-/t20-,22-/m1/s1. The van der Waals surface area contributed by atoms with E-state index in [1.165, 1.54) is 13.3 Å². The van der Waals surface area contributed by atoms with Crippen LogP contribution in [-0.4, -0.2) is 49.9 Å². The van der Waals surface area contributed by atoms with Gasteiger partial charge in [0.1, 0.15) is 6.61 Å². The molecule has 0 aromatic heterocycles. The molecule has 1 aliphatic heterocycles. The summed E-state index contributed by atoms with van der Waals surface area (Å²) in [6.07, 6.45) is 0.386. The maximum atomic E-state index is 12.3. The number of carbonyl (C=O) groups excluding carboxylic acids is 2. The minimum atomic E-state index is -1.11. The second-order valence-corrected chi connectivity index (χ2v) is 7.84. The minimum absolute atomic E-state index is 0.129. The van der Waals surface area contributed by atoms with Gasteiger partial charge < -0.3 is 30.0 Å². The molecule has 0 unspecified atom stereocenters. The first kappa shape index (κ1) is 25.9. The fourth-order valence-corrected chi connectivity index (χ4v) is 3.58. The molecule has 4 N–H and O–H groups in total. The molecule has 10 nitrogen and oxygen atoms in total. The SMILES string of the molecule is CCOc1cc([C@H]2NC(=O)NC(C)=C2C(=O)OC)ccc1OC[C@@H](O)N/N=C\c1ccccc1Cl.